The number of carbonyl (C=O) groups is 1. The van der Waals surface area contributed by atoms with Gasteiger partial charge in [0.1, 0.15) is 11.6 Å². The number of methoxy groups -OCH3 is 1. The van der Waals surface area contributed by atoms with E-state index in [4.69, 9.17) is 4.74 Å². The SMILES string of the molecule is COc1cc(NC(=O)c2nnn(-c3ccc(F)cc3)c2C(F)(F)F)ccc1NS(C)(=O)=O. The Bertz CT molecular complexity index is 1260. The van der Waals surface area contributed by atoms with Crippen LogP contribution < -0.4 is 14.8 Å². The second-order valence-corrected chi connectivity index (χ2v) is 8.16. The first-order valence-corrected chi connectivity index (χ1v) is 10.5. The highest BCUT2D eigenvalue weighted by Gasteiger charge is 2.42. The van der Waals surface area contributed by atoms with Gasteiger partial charge < -0.3 is 10.1 Å². The summed E-state index contributed by atoms with van der Waals surface area (Å²) in [6, 6.07) is 7.72. The molecule has 2 N–H and O–H groups in total. The van der Waals surface area contributed by atoms with Gasteiger partial charge in [-0.05, 0) is 36.4 Å². The number of alkyl halides is 3. The molecule has 0 aliphatic heterocycles. The highest BCUT2D eigenvalue weighted by molar-refractivity contribution is 7.92. The maximum absolute atomic E-state index is 13.7. The molecule has 0 saturated heterocycles. The number of rotatable bonds is 6. The molecular formula is C18H15F4N5O4S. The Morgan fingerprint density at radius 2 is 1.78 bits per heavy atom. The largest absolute Gasteiger partial charge is 0.494 e. The zero-order chi connectivity index (χ0) is 23.7. The van der Waals surface area contributed by atoms with Crippen LogP contribution in [-0.2, 0) is 16.2 Å². The molecule has 0 aliphatic carbocycles. The van der Waals surface area contributed by atoms with Crippen molar-refractivity contribution in [3.63, 3.8) is 0 Å². The van der Waals surface area contributed by atoms with Crippen molar-refractivity contribution in [1.29, 1.82) is 0 Å². The number of nitrogens with one attached hydrogen (secondary N) is 2. The zero-order valence-corrected chi connectivity index (χ0v) is 17.3. The van der Waals surface area contributed by atoms with Gasteiger partial charge in [0.05, 0.1) is 24.7 Å². The number of sulfonamides is 1. The summed E-state index contributed by atoms with van der Waals surface area (Å²) in [6.45, 7) is 0. The minimum absolute atomic E-state index is 0.00959. The Morgan fingerprint density at radius 1 is 1.12 bits per heavy atom. The summed E-state index contributed by atoms with van der Waals surface area (Å²) in [4.78, 5) is 12.6. The van der Waals surface area contributed by atoms with Gasteiger partial charge in [-0.25, -0.2) is 17.5 Å². The minimum atomic E-state index is -5.01. The summed E-state index contributed by atoms with van der Waals surface area (Å²) in [5.74, 6) is -1.88. The third-order valence-corrected chi connectivity index (χ3v) is 4.57. The first-order chi connectivity index (χ1) is 14.9. The van der Waals surface area contributed by atoms with Crippen LogP contribution in [0, 0.1) is 5.82 Å². The lowest BCUT2D eigenvalue weighted by atomic mass is 10.2. The van der Waals surface area contributed by atoms with Crippen molar-refractivity contribution in [3.05, 3.63) is 59.7 Å². The number of benzene rings is 2. The average Bonchev–Trinajstić information content (AvgIpc) is 3.14. The molecule has 3 rings (SSSR count). The molecule has 2 aromatic carbocycles. The molecule has 0 bridgehead atoms. The van der Waals surface area contributed by atoms with Crippen molar-refractivity contribution in [1.82, 2.24) is 15.0 Å². The van der Waals surface area contributed by atoms with Crippen molar-refractivity contribution >= 4 is 27.3 Å². The molecule has 0 unspecified atom stereocenters. The van der Waals surface area contributed by atoms with Crippen molar-refractivity contribution in [2.24, 2.45) is 0 Å². The van der Waals surface area contributed by atoms with Gasteiger partial charge in [0.15, 0.2) is 11.4 Å². The Balaban J connectivity index is 1.95. The Hall–Kier alpha value is -3.68. The molecule has 1 aromatic heterocycles. The summed E-state index contributed by atoms with van der Waals surface area (Å²) < 4.78 is 84.6. The second-order valence-electron chi connectivity index (χ2n) is 6.42. The lowest BCUT2D eigenvalue weighted by Gasteiger charge is -2.13. The van der Waals surface area contributed by atoms with Gasteiger partial charge in [0.2, 0.25) is 10.0 Å². The fourth-order valence-corrected chi connectivity index (χ4v) is 3.26. The van der Waals surface area contributed by atoms with E-state index in [1.54, 1.807) is 0 Å². The van der Waals surface area contributed by atoms with Gasteiger partial charge in [0.25, 0.3) is 5.91 Å². The van der Waals surface area contributed by atoms with E-state index in [-0.39, 0.29) is 22.8 Å². The number of aromatic nitrogens is 3. The van der Waals surface area contributed by atoms with Gasteiger partial charge in [-0.1, -0.05) is 5.21 Å². The summed E-state index contributed by atoms with van der Waals surface area (Å²) in [5, 5.41) is 8.98. The van der Waals surface area contributed by atoms with Gasteiger partial charge >= 0.3 is 6.18 Å². The number of amides is 1. The van der Waals surface area contributed by atoms with Gasteiger partial charge in [0, 0.05) is 11.8 Å². The number of ether oxygens (including phenoxy) is 1. The van der Waals surface area contributed by atoms with E-state index in [9.17, 15) is 30.8 Å². The molecule has 0 fully saturated rings. The maximum atomic E-state index is 13.7. The summed E-state index contributed by atoms with van der Waals surface area (Å²) in [5.41, 5.74) is -2.55. The number of halogens is 4. The van der Waals surface area contributed by atoms with Crippen LogP contribution in [0.25, 0.3) is 5.69 Å². The number of anilines is 2. The zero-order valence-electron chi connectivity index (χ0n) is 16.4. The Labute approximate surface area is 179 Å². The summed E-state index contributed by atoms with van der Waals surface area (Å²) in [7, 11) is -2.38. The lowest BCUT2D eigenvalue weighted by molar-refractivity contribution is -0.143. The molecule has 0 radical (unpaired) electrons. The molecule has 0 atom stereocenters. The van der Waals surface area contributed by atoms with E-state index in [0.717, 1.165) is 30.5 Å². The second kappa shape index (κ2) is 8.45. The smallest absolute Gasteiger partial charge is 0.435 e. The molecule has 1 amide bonds. The van der Waals surface area contributed by atoms with Crippen LogP contribution in [0.15, 0.2) is 42.5 Å². The monoisotopic (exact) mass is 473 g/mol. The molecule has 1 heterocycles. The quantitative estimate of drug-likeness (QED) is 0.532. The average molecular weight is 473 g/mol. The number of carbonyl (C=O) groups excluding carboxylic acids is 1. The molecule has 170 valence electrons. The van der Waals surface area contributed by atoms with Crippen LogP contribution in [0.5, 0.6) is 5.75 Å². The van der Waals surface area contributed by atoms with Crippen molar-refractivity contribution < 1.29 is 35.5 Å². The highest BCUT2D eigenvalue weighted by Crippen LogP contribution is 2.34. The van der Waals surface area contributed by atoms with Gasteiger partial charge in [-0.15, -0.1) is 5.10 Å². The van der Waals surface area contributed by atoms with Crippen LogP contribution in [0.3, 0.4) is 0 Å². The van der Waals surface area contributed by atoms with Gasteiger partial charge in [-0.2, -0.15) is 13.2 Å². The minimum Gasteiger partial charge on any atom is -0.494 e. The molecule has 9 nitrogen and oxygen atoms in total. The fourth-order valence-electron chi connectivity index (χ4n) is 2.70. The predicted molar refractivity (Wildman–Crippen MR) is 106 cm³/mol. The topological polar surface area (TPSA) is 115 Å². The van der Waals surface area contributed by atoms with Crippen LogP contribution in [0.2, 0.25) is 0 Å². The van der Waals surface area contributed by atoms with Crippen LogP contribution in [-0.4, -0.2) is 42.7 Å². The molecule has 0 saturated carbocycles. The van der Waals surface area contributed by atoms with Crippen LogP contribution in [0.1, 0.15) is 16.2 Å². The maximum Gasteiger partial charge on any atom is 0.435 e. The first-order valence-electron chi connectivity index (χ1n) is 8.65. The predicted octanol–water partition coefficient (Wildman–Crippen LogP) is 3.06. The molecule has 0 spiro atoms. The van der Waals surface area contributed by atoms with Crippen molar-refractivity contribution in [2.45, 2.75) is 6.18 Å². The summed E-state index contributed by atoms with van der Waals surface area (Å²) >= 11 is 0. The lowest BCUT2D eigenvalue weighted by Crippen LogP contribution is -2.21. The van der Waals surface area contributed by atoms with Gasteiger partial charge in [-0.3, -0.25) is 9.52 Å². The van der Waals surface area contributed by atoms with E-state index in [1.165, 1.54) is 25.3 Å². The third-order valence-electron chi connectivity index (χ3n) is 3.98. The Kier molecular flexibility index (Phi) is 6.07. The standard InChI is InChI=1S/C18H15F4N5O4S/c1-31-14-9-11(5-8-13(14)25-32(2,29)30)23-17(28)15-16(18(20,21)22)27(26-24-15)12-6-3-10(19)4-7-12/h3-9,25H,1-2H3,(H,23,28). The van der Waals surface area contributed by atoms with Crippen molar-refractivity contribution in [2.75, 3.05) is 23.4 Å². The number of hydrogen-bond acceptors (Lipinski definition) is 6. The van der Waals surface area contributed by atoms with E-state index in [1.807, 2.05) is 0 Å². The van der Waals surface area contributed by atoms with Crippen LogP contribution in [0.4, 0.5) is 28.9 Å². The normalized spacial score (nSPS) is 11.8. The molecule has 3 aromatic rings. The fraction of sp³-hybridized carbons (Fsp3) is 0.167. The highest BCUT2D eigenvalue weighted by atomic mass is 32.2. The van der Waals surface area contributed by atoms with E-state index in [2.05, 4.69) is 20.4 Å². The molecule has 14 heteroatoms. The summed E-state index contributed by atoms with van der Waals surface area (Å²) in [6.07, 6.45) is -4.09. The van der Waals surface area contributed by atoms with E-state index in [0.29, 0.717) is 4.68 Å². The van der Waals surface area contributed by atoms with E-state index >= 15 is 0 Å². The molecule has 0 aliphatic rings. The molecular weight excluding hydrogens is 458 g/mol. The first kappa shape index (κ1) is 23.0. The van der Waals surface area contributed by atoms with E-state index < -0.39 is 39.3 Å². The number of nitrogens with zero attached hydrogens (tertiary/aromatic N) is 3. The van der Waals surface area contributed by atoms with Crippen molar-refractivity contribution in [3.8, 4) is 11.4 Å². The number of hydrogen-bond donors (Lipinski definition) is 2. The molecule has 32 heavy (non-hydrogen) atoms. The third kappa shape index (κ3) is 5.14. The van der Waals surface area contributed by atoms with Crippen LogP contribution >= 0.6 is 0 Å². The Morgan fingerprint density at radius 3 is 2.34 bits per heavy atom.